The lowest BCUT2D eigenvalue weighted by atomic mass is 10.1. The van der Waals surface area contributed by atoms with Crippen LogP contribution >= 0.6 is 11.6 Å². The molecule has 0 spiro atoms. The Morgan fingerprint density at radius 1 is 0.793 bits per heavy atom. The Labute approximate surface area is 173 Å². The second-order valence-electron chi connectivity index (χ2n) is 6.30. The number of aromatic nitrogens is 2. The molecule has 142 valence electrons. The third kappa shape index (κ3) is 4.78. The largest absolute Gasteiger partial charge is 0.508 e. The predicted molar refractivity (Wildman–Crippen MR) is 117 cm³/mol. The first-order chi connectivity index (χ1) is 14.2. The van der Waals surface area contributed by atoms with E-state index in [9.17, 15) is 5.11 Å². The van der Waals surface area contributed by atoms with Gasteiger partial charge in [0.05, 0.1) is 17.6 Å². The van der Waals surface area contributed by atoms with Crippen LogP contribution in [0.4, 0.5) is 5.95 Å². The van der Waals surface area contributed by atoms with E-state index in [-0.39, 0.29) is 5.75 Å². The molecule has 0 saturated carbocycles. The molecule has 4 rings (SSSR count). The van der Waals surface area contributed by atoms with Gasteiger partial charge in [0.2, 0.25) is 5.95 Å². The van der Waals surface area contributed by atoms with Gasteiger partial charge in [0.15, 0.2) is 0 Å². The van der Waals surface area contributed by atoms with E-state index in [1.54, 1.807) is 30.5 Å². The van der Waals surface area contributed by atoms with Crippen molar-refractivity contribution in [3.63, 3.8) is 0 Å². The van der Waals surface area contributed by atoms with Gasteiger partial charge in [0.25, 0.3) is 0 Å². The summed E-state index contributed by atoms with van der Waals surface area (Å²) in [5, 5.41) is 14.3. The van der Waals surface area contributed by atoms with Crippen molar-refractivity contribution in [2.45, 2.75) is 0 Å². The molecule has 0 aliphatic carbocycles. The zero-order chi connectivity index (χ0) is 20.1. The van der Waals surface area contributed by atoms with E-state index in [0.717, 1.165) is 28.1 Å². The van der Waals surface area contributed by atoms with Crippen molar-refractivity contribution in [2.24, 2.45) is 5.10 Å². The minimum absolute atomic E-state index is 0.210. The topological polar surface area (TPSA) is 70.4 Å². The van der Waals surface area contributed by atoms with Gasteiger partial charge in [0.1, 0.15) is 5.75 Å². The van der Waals surface area contributed by atoms with Crippen LogP contribution in [0.5, 0.6) is 5.75 Å². The van der Waals surface area contributed by atoms with Gasteiger partial charge in [-0.2, -0.15) is 5.10 Å². The molecule has 29 heavy (non-hydrogen) atoms. The van der Waals surface area contributed by atoms with Gasteiger partial charge in [-0.05, 0) is 48.0 Å². The van der Waals surface area contributed by atoms with E-state index < -0.39 is 0 Å². The van der Waals surface area contributed by atoms with Gasteiger partial charge in [-0.15, -0.1) is 0 Å². The molecule has 0 fully saturated rings. The fraction of sp³-hybridized carbons (Fsp3) is 0. The first-order valence-electron chi connectivity index (χ1n) is 8.96. The molecule has 0 aliphatic rings. The molecule has 0 saturated heterocycles. The lowest BCUT2D eigenvalue weighted by Crippen LogP contribution is -2.00. The van der Waals surface area contributed by atoms with E-state index in [2.05, 4.69) is 20.5 Å². The molecular formula is C23H17ClN4O. The molecule has 0 radical (unpaired) electrons. The lowest BCUT2D eigenvalue weighted by Gasteiger charge is -2.08. The number of hydrazone groups is 1. The van der Waals surface area contributed by atoms with Gasteiger partial charge >= 0.3 is 0 Å². The molecule has 6 heteroatoms. The normalized spacial score (nSPS) is 10.9. The maximum absolute atomic E-state index is 9.37. The second-order valence-corrected chi connectivity index (χ2v) is 6.73. The van der Waals surface area contributed by atoms with E-state index >= 15 is 0 Å². The van der Waals surface area contributed by atoms with Crippen LogP contribution in [0.15, 0.2) is 90.0 Å². The van der Waals surface area contributed by atoms with Crippen molar-refractivity contribution >= 4 is 23.8 Å². The Morgan fingerprint density at radius 3 is 2.07 bits per heavy atom. The second kappa shape index (κ2) is 8.54. The summed E-state index contributed by atoms with van der Waals surface area (Å²) < 4.78 is 0. The minimum atomic E-state index is 0.210. The number of phenols is 1. The molecule has 0 amide bonds. The SMILES string of the molecule is Oc1ccc(C=NNc2nc(-c3ccccc3)cc(-c3ccc(Cl)cc3)n2)cc1. The van der Waals surface area contributed by atoms with E-state index in [0.29, 0.717) is 11.0 Å². The molecule has 0 aliphatic heterocycles. The number of phenolic OH excluding ortho intramolecular Hbond substituents is 1. The third-order valence-corrected chi connectivity index (χ3v) is 4.46. The van der Waals surface area contributed by atoms with Crippen LogP contribution in [0.1, 0.15) is 5.56 Å². The Morgan fingerprint density at radius 2 is 1.41 bits per heavy atom. The van der Waals surface area contributed by atoms with E-state index in [1.807, 2.05) is 60.7 Å². The van der Waals surface area contributed by atoms with Crippen LogP contribution in [-0.4, -0.2) is 21.3 Å². The molecule has 3 aromatic carbocycles. The van der Waals surface area contributed by atoms with Crippen molar-refractivity contribution in [1.29, 1.82) is 0 Å². The highest BCUT2D eigenvalue weighted by Gasteiger charge is 2.08. The minimum Gasteiger partial charge on any atom is -0.508 e. The van der Waals surface area contributed by atoms with Gasteiger partial charge in [-0.1, -0.05) is 54.1 Å². The zero-order valence-electron chi connectivity index (χ0n) is 15.3. The summed E-state index contributed by atoms with van der Waals surface area (Å²) >= 11 is 6.01. The van der Waals surface area contributed by atoms with Crippen molar-refractivity contribution in [3.05, 3.63) is 95.5 Å². The predicted octanol–water partition coefficient (Wildman–Crippen LogP) is 5.62. The number of nitrogens with one attached hydrogen (secondary N) is 1. The van der Waals surface area contributed by atoms with E-state index in [1.165, 1.54) is 0 Å². The maximum atomic E-state index is 9.37. The summed E-state index contributed by atoms with van der Waals surface area (Å²) in [5.74, 6) is 0.591. The highest BCUT2D eigenvalue weighted by atomic mass is 35.5. The Bertz CT molecular complexity index is 1130. The first kappa shape index (κ1) is 18.7. The number of halogens is 1. The lowest BCUT2D eigenvalue weighted by molar-refractivity contribution is 0.475. The van der Waals surface area contributed by atoms with Crippen LogP contribution in [0.2, 0.25) is 5.02 Å². The quantitative estimate of drug-likeness (QED) is 0.337. The summed E-state index contributed by atoms with van der Waals surface area (Å²) in [6.45, 7) is 0. The number of benzene rings is 3. The monoisotopic (exact) mass is 400 g/mol. The van der Waals surface area contributed by atoms with Gasteiger partial charge in [-0.25, -0.2) is 15.4 Å². The molecule has 2 N–H and O–H groups in total. The molecule has 0 atom stereocenters. The fourth-order valence-corrected chi connectivity index (χ4v) is 2.87. The van der Waals surface area contributed by atoms with Crippen LogP contribution in [0.3, 0.4) is 0 Å². The highest BCUT2D eigenvalue weighted by molar-refractivity contribution is 6.30. The van der Waals surface area contributed by atoms with Gasteiger partial charge < -0.3 is 5.11 Å². The van der Waals surface area contributed by atoms with Crippen molar-refractivity contribution in [2.75, 3.05) is 5.43 Å². The van der Waals surface area contributed by atoms with Crippen LogP contribution in [0, 0.1) is 0 Å². The Balaban J connectivity index is 1.67. The van der Waals surface area contributed by atoms with E-state index in [4.69, 9.17) is 11.6 Å². The number of aromatic hydroxyl groups is 1. The Kier molecular flexibility index (Phi) is 5.49. The summed E-state index contributed by atoms with van der Waals surface area (Å²) in [4.78, 5) is 9.18. The zero-order valence-corrected chi connectivity index (χ0v) is 16.1. The molecule has 1 heterocycles. The average molecular weight is 401 g/mol. The molecule has 1 aromatic heterocycles. The third-order valence-electron chi connectivity index (χ3n) is 4.21. The number of anilines is 1. The fourth-order valence-electron chi connectivity index (χ4n) is 2.75. The molecule has 0 unspecified atom stereocenters. The van der Waals surface area contributed by atoms with Crippen molar-refractivity contribution in [3.8, 4) is 28.3 Å². The van der Waals surface area contributed by atoms with Crippen LogP contribution in [0.25, 0.3) is 22.5 Å². The number of rotatable bonds is 5. The standard InChI is InChI=1S/C23H17ClN4O/c24-19-10-8-18(9-11-19)22-14-21(17-4-2-1-3-5-17)26-23(27-22)28-25-15-16-6-12-20(29)13-7-16/h1-15,29H,(H,26,27,28). The summed E-state index contributed by atoms with van der Waals surface area (Å²) in [6, 6.07) is 26.1. The molecule has 5 nitrogen and oxygen atoms in total. The molecular weight excluding hydrogens is 384 g/mol. The average Bonchev–Trinajstić information content (AvgIpc) is 2.76. The number of hydrogen-bond acceptors (Lipinski definition) is 5. The number of hydrogen-bond donors (Lipinski definition) is 2. The summed E-state index contributed by atoms with van der Waals surface area (Å²) in [5.41, 5.74) is 7.20. The van der Waals surface area contributed by atoms with Crippen molar-refractivity contribution < 1.29 is 5.11 Å². The summed E-state index contributed by atoms with van der Waals surface area (Å²) in [6.07, 6.45) is 1.64. The summed E-state index contributed by atoms with van der Waals surface area (Å²) in [7, 11) is 0. The van der Waals surface area contributed by atoms with Crippen LogP contribution in [-0.2, 0) is 0 Å². The van der Waals surface area contributed by atoms with Gasteiger partial charge in [0, 0.05) is 16.1 Å². The smallest absolute Gasteiger partial charge is 0.244 e. The van der Waals surface area contributed by atoms with Crippen molar-refractivity contribution in [1.82, 2.24) is 9.97 Å². The van der Waals surface area contributed by atoms with Gasteiger partial charge in [-0.3, -0.25) is 0 Å². The van der Waals surface area contributed by atoms with Crippen LogP contribution < -0.4 is 5.43 Å². The molecule has 4 aromatic rings. The maximum Gasteiger partial charge on any atom is 0.244 e. The number of nitrogens with zero attached hydrogens (tertiary/aromatic N) is 3. The highest BCUT2D eigenvalue weighted by Crippen LogP contribution is 2.26. The Hall–Kier alpha value is -3.70. The first-order valence-corrected chi connectivity index (χ1v) is 9.34. The molecule has 0 bridgehead atoms.